The van der Waals surface area contributed by atoms with Crippen LogP contribution in [0.25, 0.3) is 0 Å². The largest absolute Gasteiger partial charge is 0.481 e. The van der Waals surface area contributed by atoms with Gasteiger partial charge in [0.1, 0.15) is 0 Å². The van der Waals surface area contributed by atoms with E-state index in [1.165, 1.54) is 0 Å². The van der Waals surface area contributed by atoms with Crippen LogP contribution in [0, 0.1) is 0 Å². The van der Waals surface area contributed by atoms with Crippen molar-refractivity contribution < 1.29 is 9.90 Å². The molecule has 0 bridgehead atoms. The summed E-state index contributed by atoms with van der Waals surface area (Å²) in [5, 5.41) is 8.83. The van der Waals surface area contributed by atoms with Gasteiger partial charge < -0.3 is 5.11 Å². The fraction of sp³-hybridized carbons (Fsp3) is 0.500. The van der Waals surface area contributed by atoms with Gasteiger partial charge in [-0.15, -0.1) is 0 Å². The molecule has 4 heteroatoms. The number of hydrogen-bond donors (Lipinski definition) is 1. The second kappa shape index (κ2) is 5.07. The average Bonchev–Trinajstić information content (AvgIpc) is 2.17. The third kappa shape index (κ3) is 3.62. The summed E-state index contributed by atoms with van der Waals surface area (Å²) < 4.78 is 0. The van der Waals surface area contributed by atoms with Gasteiger partial charge in [-0.25, -0.2) is 0 Å². The summed E-state index contributed by atoms with van der Waals surface area (Å²) in [6, 6.07) is 3.87. The number of aromatic nitrogens is 1. The first-order valence-electron chi connectivity index (χ1n) is 5.24. The summed E-state index contributed by atoms with van der Waals surface area (Å²) in [6.45, 7) is 4.56. The quantitative estimate of drug-likeness (QED) is 0.825. The van der Waals surface area contributed by atoms with E-state index in [1.807, 2.05) is 37.9 Å². The predicted octanol–water partition coefficient (Wildman–Crippen LogP) is 1.77. The summed E-state index contributed by atoms with van der Waals surface area (Å²) >= 11 is 0. The molecule has 1 heterocycles. The van der Waals surface area contributed by atoms with E-state index >= 15 is 0 Å². The third-order valence-electron chi connectivity index (χ3n) is 2.76. The Kier molecular flexibility index (Phi) is 4.01. The number of pyridine rings is 1. The van der Waals surface area contributed by atoms with Crippen LogP contribution in [0.3, 0.4) is 0 Å². The van der Waals surface area contributed by atoms with Gasteiger partial charge in [0.15, 0.2) is 0 Å². The average molecular weight is 222 g/mol. The zero-order chi connectivity index (χ0) is 12.2. The highest BCUT2D eigenvalue weighted by atomic mass is 16.4. The molecule has 1 N–H and O–H groups in total. The Labute approximate surface area is 95.9 Å². The van der Waals surface area contributed by atoms with Gasteiger partial charge in [-0.3, -0.25) is 14.7 Å². The first-order valence-corrected chi connectivity index (χ1v) is 5.24. The lowest BCUT2D eigenvalue weighted by atomic mass is 9.98. The Morgan fingerprint density at radius 1 is 1.56 bits per heavy atom. The minimum absolute atomic E-state index is 0.129. The van der Waals surface area contributed by atoms with E-state index in [4.69, 9.17) is 5.11 Å². The Morgan fingerprint density at radius 3 is 2.75 bits per heavy atom. The molecule has 0 aliphatic rings. The molecule has 1 rings (SSSR count). The normalized spacial score (nSPS) is 11.8. The van der Waals surface area contributed by atoms with E-state index in [1.54, 1.807) is 12.4 Å². The van der Waals surface area contributed by atoms with Crippen LogP contribution in [0.2, 0.25) is 0 Å². The molecule has 0 saturated heterocycles. The van der Waals surface area contributed by atoms with E-state index in [-0.39, 0.29) is 12.0 Å². The molecule has 16 heavy (non-hydrogen) atoms. The molecular formula is C12H18N2O2. The van der Waals surface area contributed by atoms with Crippen LogP contribution in [0.15, 0.2) is 24.5 Å². The molecule has 0 aliphatic carbocycles. The van der Waals surface area contributed by atoms with Crippen LogP contribution in [-0.4, -0.2) is 33.5 Å². The third-order valence-corrected chi connectivity index (χ3v) is 2.76. The van der Waals surface area contributed by atoms with Gasteiger partial charge in [0, 0.05) is 24.5 Å². The fourth-order valence-electron chi connectivity index (χ4n) is 1.48. The fourth-order valence-corrected chi connectivity index (χ4v) is 1.48. The van der Waals surface area contributed by atoms with Crippen LogP contribution in [-0.2, 0) is 11.3 Å². The second-order valence-electron chi connectivity index (χ2n) is 4.60. The van der Waals surface area contributed by atoms with Gasteiger partial charge in [0.05, 0.1) is 6.42 Å². The molecule has 0 unspecified atom stereocenters. The maximum atomic E-state index is 10.7. The molecule has 0 aromatic carbocycles. The Bertz CT molecular complexity index is 349. The first-order chi connectivity index (χ1) is 7.42. The lowest BCUT2D eigenvalue weighted by molar-refractivity contribution is -0.139. The number of hydrogen-bond acceptors (Lipinski definition) is 3. The zero-order valence-corrected chi connectivity index (χ0v) is 9.97. The van der Waals surface area contributed by atoms with Crippen molar-refractivity contribution in [2.45, 2.75) is 32.4 Å². The van der Waals surface area contributed by atoms with Crippen molar-refractivity contribution in [3.05, 3.63) is 30.1 Å². The first kappa shape index (κ1) is 12.6. The maximum Gasteiger partial charge on any atom is 0.305 e. The molecular weight excluding hydrogens is 204 g/mol. The van der Waals surface area contributed by atoms with E-state index in [2.05, 4.69) is 4.98 Å². The SMILES string of the molecule is CN(Cc1cccnc1)C(C)(C)CC(=O)O. The lowest BCUT2D eigenvalue weighted by Gasteiger charge is -2.34. The van der Waals surface area contributed by atoms with Crippen molar-refractivity contribution in [2.75, 3.05) is 7.05 Å². The maximum absolute atomic E-state index is 10.7. The number of aliphatic carboxylic acids is 1. The topological polar surface area (TPSA) is 53.4 Å². The number of nitrogens with zero attached hydrogens (tertiary/aromatic N) is 2. The van der Waals surface area contributed by atoms with Crippen molar-refractivity contribution in [1.82, 2.24) is 9.88 Å². The van der Waals surface area contributed by atoms with Crippen LogP contribution < -0.4 is 0 Å². The molecule has 0 radical (unpaired) electrons. The molecule has 0 amide bonds. The zero-order valence-electron chi connectivity index (χ0n) is 9.97. The molecule has 1 aromatic rings. The highest BCUT2D eigenvalue weighted by Gasteiger charge is 2.26. The summed E-state index contributed by atoms with van der Waals surface area (Å²) in [5.74, 6) is -0.775. The molecule has 0 fully saturated rings. The number of carboxylic acids is 1. The van der Waals surface area contributed by atoms with E-state index in [0.717, 1.165) is 5.56 Å². The number of carboxylic acid groups (broad SMARTS) is 1. The Morgan fingerprint density at radius 2 is 2.25 bits per heavy atom. The van der Waals surface area contributed by atoms with Gasteiger partial charge in [-0.1, -0.05) is 6.07 Å². The molecule has 0 aliphatic heterocycles. The highest BCUT2D eigenvalue weighted by Crippen LogP contribution is 2.19. The van der Waals surface area contributed by atoms with Crippen molar-refractivity contribution in [2.24, 2.45) is 0 Å². The Balaban J connectivity index is 2.64. The number of rotatable bonds is 5. The minimum atomic E-state index is -0.775. The molecule has 1 aromatic heterocycles. The van der Waals surface area contributed by atoms with Crippen LogP contribution in [0.5, 0.6) is 0 Å². The second-order valence-corrected chi connectivity index (χ2v) is 4.60. The predicted molar refractivity (Wildman–Crippen MR) is 62.0 cm³/mol. The monoisotopic (exact) mass is 222 g/mol. The van der Waals surface area contributed by atoms with Crippen molar-refractivity contribution in [3.63, 3.8) is 0 Å². The molecule has 88 valence electrons. The summed E-state index contributed by atoms with van der Waals surface area (Å²) in [6.07, 6.45) is 3.66. The lowest BCUT2D eigenvalue weighted by Crippen LogP contribution is -2.42. The van der Waals surface area contributed by atoms with E-state index in [9.17, 15) is 4.79 Å². The van der Waals surface area contributed by atoms with Crippen LogP contribution in [0.1, 0.15) is 25.8 Å². The molecule has 4 nitrogen and oxygen atoms in total. The Hall–Kier alpha value is -1.42. The summed E-state index contributed by atoms with van der Waals surface area (Å²) in [5.41, 5.74) is 0.727. The molecule has 0 atom stereocenters. The molecule has 0 spiro atoms. The van der Waals surface area contributed by atoms with Gasteiger partial charge in [-0.05, 0) is 32.5 Å². The summed E-state index contributed by atoms with van der Waals surface area (Å²) in [4.78, 5) is 16.8. The minimum Gasteiger partial charge on any atom is -0.481 e. The van der Waals surface area contributed by atoms with E-state index in [0.29, 0.717) is 6.54 Å². The highest BCUT2D eigenvalue weighted by molar-refractivity contribution is 5.68. The van der Waals surface area contributed by atoms with Gasteiger partial charge in [0.25, 0.3) is 0 Å². The smallest absolute Gasteiger partial charge is 0.305 e. The van der Waals surface area contributed by atoms with Gasteiger partial charge in [-0.2, -0.15) is 0 Å². The van der Waals surface area contributed by atoms with Crippen molar-refractivity contribution >= 4 is 5.97 Å². The van der Waals surface area contributed by atoms with Crippen LogP contribution >= 0.6 is 0 Å². The van der Waals surface area contributed by atoms with Crippen LogP contribution in [0.4, 0.5) is 0 Å². The summed E-state index contributed by atoms with van der Waals surface area (Å²) in [7, 11) is 1.93. The van der Waals surface area contributed by atoms with E-state index < -0.39 is 5.97 Å². The standard InChI is InChI=1S/C12H18N2O2/c1-12(2,7-11(15)16)14(3)9-10-5-4-6-13-8-10/h4-6,8H,7,9H2,1-3H3,(H,15,16). The van der Waals surface area contributed by atoms with Crippen molar-refractivity contribution in [3.8, 4) is 0 Å². The molecule has 0 saturated carbocycles. The van der Waals surface area contributed by atoms with Crippen molar-refractivity contribution in [1.29, 1.82) is 0 Å². The van der Waals surface area contributed by atoms with Gasteiger partial charge >= 0.3 is 5.97 Å². The van der Waals surface area contributed by atoms with Gasteiger partial charge in [0.2, 0.25) is 0 Å². The number of carbonyl (C=O) groups is 1.